The first kappa shape index (κ1) is 35.9. The predicted molar refractivity (Wildman–Crippen MR) is 221 cm³/mol. The zero-order valence-corrected chi connectivity index (χ0v) is 32.1. The molecule has 10 heteroatoms. The van der Waals surface area contributed by atoms with Gasteiger partial charge in [0, 0.05) is 29.3 Å². The van der Waals surface area contributed by atoms with E-state index in [4.69, 9.17) is 10.1 Å². The fraction of sp³-hybridized carbons (Fsp3) is 0.152. The molecule has 9 rings (SSSR count). The lowest BCUT2D eigenvalue weighted by molar-refractivity contribution is 0.461. The van der Waals surface area contributed by atoms with Crippen LogP contribution in [0.3, 0.4) is 0 Å². The summed E-state index contributed by atoms with van der Waals surface area (Å²) in [5.41, 5.74) is 6.65. The van der Waals surface area contributed by atoms with Gasteiger partial charge in [0.15, 0.2) is 0 Å². The molecule has 0 aliphatic heterocycles. The van der Waals surface area contributed by atoms with Crippen LogP contribution in [0.2, 0.25) is 0 Å². The molecule has 0 amide bonds. The summed E-state index contributed by atoms with van der Waals surface area (Å²) in [6.07, 6.45) is 8.00. The molecule has 0 atom stereocenters. The van der Waals surface area contributed by atoms with E-state index in [9.17, 15) is 12.8 Å². The van der Waals surface area contributed by atoms with Crippen LogP contribution in [0.1, 0.15) is 42.4 Å². The molecular formula is C46H38FN5O2S2. The lowest BCUT2D eigenvalue weighted by atomic mass is 9.77. The van der Waals surface area contributed by atoms with Crippen molar-refractivity contribution in [2.45, 2.75) is 35.4 Å². The maximum atomic E-state index is 14.4. The van der Waals surface area contributed by atoms with E-state index in [1.54, 1.807) is 18.2 Å². The van der Waals surface area contributed by atoms with Gasteiger partial charge >= 0.3 is 0 Å². The first-order valence-electron chi connectivity index (χ1n) is 18.8. The van der Waals surface area contributed by atoms with Gasteiger partial charge in [-0.3, -0.25) is 4.68 Å². The number of nitrogens with zero attached hydrogens (tertiary/aromatic N) is 4. The molecule has 7 nitrogen and oxygen atoms in total. The summed E-state index contributed by atoms with van der Waals surface area (Å²) < 4.78 is 46.2. The SMILES string of the molecule is O=S(=O)(NCC1CCCC1)c1ccc(-c2ncnc3ccc(-c4cn(C(c5ccccc5)(c5ccccc5)c5ccccc5)nc4-c4ccc(F)cc4)cc23)s1. The molecule has 3 heterocycles. The van der Waals surface area contributed by atoms with Gasteiger partial charge < -0.3 is 0 Å². The lowest BCUT2D eigenvalue weighted by Crippen LogP contribution is -2.38. The fourth-order valence-electron chi connectivity index (χ4n) is 8.04. The molecule has 8 aromatic rings. The highest BCUT2D eigenvalue weighted by Crippen LogP contribution is 2.44. The molecule has 1 N–H and O–H groups in total. The standard InChI is InChI=1S/C46H38FN5O2S2/c47-38-23-20-33(21-24-38)44-40(30-52(51-44)46(35-14-4-1-5-15-35,36-16-6-2-7-17-36)37-18-8-3-9-19-37)34-22-25-41-39(28-34)45(49-31-48-41)42-26-27-43(55-42)56(53,54)50-29-32-12-10-11-13-32/h1-9,14-28,30-32,50H,10-13,29H2. The number of halogens is 1. The van der Waals surface area contributed by atoms with Crippen molar-refractivity contribution in [1.82, 2.24) is 24.5 Å². The van der Waals surface area contributed by atoms with Gasteiger partial charge in [0.05, 0.1) is 16.1 Å². The summed E-state index contributed by atoms with van der Waals surface area (Å²) in [6.45, 7) is 0.458. The van der Waals surface area contributed by atoms with Gasteiger partial charge in [0.25, 0.3) is 0 Å². The molecule has 1 aliphatic rings. The molecule has 0 spiro atoms. The Bertz CT molecular complexity index is 2630. The molecule has 1 saturated carbocycles. The zero-order chi connectivity index (χ0) is 38.1. The molecule has 0 bridgehead atoms. The van der Waals surface area contributed by atoms with Crippen molar-refractivity contribution in [2.75, 3.05) is 6.54 Å². The Morgan fingerprint density at radius 2 is 1.32 bits per heavy atom. The number of hydrogen-bond donors (Lipinski definition) is 1. The molecule has 1 fully saturated rings. The predicted octanol–water partition coefficient (Wildman–Crippen LogP) is 10.3. The second-order valence-electron chi connectivity index (χ2n) is 14.2. The van der Waals surface area contributed by atoms with E-state index in [0.29, 0.717) is 23.9 Å². The number of rotatable bonds is 11. The van der Waals surface area contributed by atoms with Crippen molar-refractivity contribution in [3.8, 4) is 33.0 Å². The van der Waals surface area contributed by atoms with Crippen LogP contribution in [0.4, 0.5) is 4.39 Å². The largest absolute Gasteiger partial charge is 0.252 e. The van der Waals surface area contributed by atoms with E-state index in [0.717, 1.165) is 74.8 Å². The minimum Gasteiger partial charge on any atom is -0.252 e. The van der Waals surface area contributed by atoms with Crippen LogP contribution in [0.5, 0.6) is 0 Å². The number of aromatic nitrogens is 4. The van der Waals surface area contributed by atoms with Crippen molar-refractivity contribution in [3.05, 3.63) is 181 Å². The van der Waals surface area contributed by atoms with Crippen LogP contribution in [-0.2, 0) is 15.6 Å². The van der Waals surface area contributed by atoms with Gasteiger partial charge in [-0.05, 0) is 89.5 Å². The first-order valence-corrected chi connectivity index (χ1v) is 21.1. The summed E-state index contributed by atoms with van der Waals surface area (Å²) >= 11 is 1.20. The molecule has 56 heavy (non-hydrogen) atoms. The second-order valence-corrected chi connectivity index (χ2v) is 17.3. The highest BCUT2D eigenvalue weighted by atomic mass is 32.2. The smallest absolute Gasteiger partial charge is 0.250 e. The van der Waals surface area contributed by atoms with Gasteiger partial charge in [0.2, 0.25) is 10.0 Å². The van der Waals surface area contributed by atoms with Crippen LogP contribution >= 0.6 is 11.3 Å². The van der Waals surface area contributed by atoms with Crippen molar-refractivity contribution in [3.63, 3.8) is 0 Å². The summed E-state index contributed by atoms with van der Waals surface area (Å²) in [7, 11) is -3.67. The molecule has 278 valence electrons. The number of benzene rings is 5. The van der Waals surface area contributed by atoms with Gasteiger partial charge in [-0.25, -0.2) is 27.5 Å². The van der Waals surface area contributed by atoms with E-state index >= 15 is 0 Å². The summed E-state index contributed by atoms with van der Waals surface area (Å²) in [5.74, 6) is 0.0522. The molecule has 0 saturated heterocycles. The number of hydrogen-bond acceptors (Lipinski definition) is 6. The third-order valence-electron chi connectivity index (χ3n) is 10.8. The van der Waals surface area contributed by atoms with Crippen molar-refractivity contribution in [1.29, 1.82) is 0 Å². The number of thiophene rings is 1. The third-order valence-corrected chi connectivity index (χ3v) is 13.8. The highest BCUT2D eigenvalue weighted by molar-refractivity contribution is 7.91. The molecule has 1 aliphatic carbocycles. The number of sulfonamides is 1. The summed E-state index contributed by atoms with van der Waals surface area (Å²) in [6, 6.07) is 46.9. The normalized spacial score (nSPS) is 13.7. The maximum absolute atomic E-state index is 14.4. The third kappa shape index (κ3) is 6.63. The van der Waals surface area contributed by atoms with Crippen LogP contribution in [-0.4, -0.2) is 34.7 Å². The van der Waals surface area contributed by atoms with E-state index in [1.807, 2.05) is 83.5 Å². The molecular weight excluding hydrogens is 738 g/mol. The Kier molecular flexibility index (Phi) is 9.62. The van der Waals surface area contributed by atoms with Crippen LogP contribution in [0, 0.1) is 11.7 Å². The molecule has 0 unspecified atom stereocenters. The van der Waals surface area contributed by atoms with Crippen LogP contribution in [0.25, 0.3) is 43.9 Å². The molecule has 3 aromatic heterocycles. The van der Waals surface area contributed by atoms with Crippen LogP contribution in [0.15, 0.2) is 162 Å². The average molecular weight is 776 g/mol. The summed E-state index contributed by atoms with van der Waals surface area (Å²) in [4.78, 5) is 10.0. The Labute approximate surface area is 329 Å². The van der Waals surface area contributed by atoms with Gasteiger partial charge in [-0.15, -0.1) is 11.3 Å². The Hall–Kier alpha value is -5.81. The number of nitrogens with one attached hydrogen (secondary N) is 1. The zero-order valence-electron chi connectivity index (χ0n) is 30.4. The molecule has 5 aromatic carbocycles. The monoisotopic (exact) mass is 775 g/mol. The van der Waals surface area contributed by atoms with Crippen molar-refractivity contribution in [2.24, 2.45) is 5.92 Å². The van der Waals surface area contributed by atoms with Crippen molar-refractivity contribution >= 4 is 32.3 Å². The Balaban J connectivity index is 1.22. The fourth-order valence-corrected chi connectivity index (χ4v) is 10.5. The lowest BCUT2D eigenvalue weighted by Gasteiger charge is -2.36. The van der Waals surface area contributed by atoms with Crippen molar-refractivity contribution < 1.29 is 12.8 Å². The van der Waals surface area contributed by atoms with E-state index in [-0.39, 0.29) is 10.0 Å². The quantitative estimate of drug-likeness (QED) is 0.132. The van der Waals surface area contributed by atoms with E-state index in [2.05, 4.69) is 52.3 Å². The van der Waals surface area contributed by atoms with E-state index in [1.165, 1.54) is 29.8 Å². The van der Waals surface area contributed by atoms with E-state index < -0.39 is 15.6 Å². The van der Waals surface area contributed by atoms with Gasteiger partial charge in [0.1, 0.15) is 27.6 Å². The first-order chi connectivity index (χ1) is 27.4. The number of fused-ring (bicyclic) bond motifs is 1. The second kappa shape index (κ2) is 15.0. The minimum atomic E-state index is -3.67. The van der Waals surface area contributed by atoms with Gasteiger partial charge in [-0.2, -0.15) is 5.10 Å². The van der Waals surface area contributed by atoms with Gasteiger partial charge in [-0.1, -0.05) is 110 Å². The summed E-state index contributed by atoms with van der Waals surface area (Å²) in [5, 5.41) is 6.19. The maximum Gasteiger partial charge on any atom is 0.250 e. The minimum absolute atomic E-state index is 0.257. The average Bonchev–Trinajstić information content (AvgIpc) is 4.05. The highest BCUT2D eigenvalue weighted by Gasteiger charge is 2.40. The van der Waals surface area contributed by atoms with Crippen LogP contribution < -0.4 is 4.72 Å². The Morgan fingerprint density at radius 3 is 1.95 bits per heavy atom. The topological polar surface area (TPSA) is 89.8 Å². The Morgan fingerprint density at radius 1 is 0.714 bits per heavy atom. The molecule has 0 radical (unpaired) electrons.